The van der Waals surface area contributed by atoms with Gasteiger partial charge in [0, 0.05) is 46.7 Å². The Kier molecular flexibility index (Phi) is 4.15. The van der Waals surface area contributed by atoms with Crippen molar-refractivity contribution in [2.75, 3.05) is 18.0 Å². The van der Waals surface area contributed by atoms with E-state index >= 15 is 0 Å². The van der Waals surface area contributed by atoms with E-state index < -0.39 is 0 Å². The molecule has 2 N–H and O–H groups in total. The summed E-state index contributed by atoms with van der Waals surface area (Å²) in [5.74, 6) is 1.80. The standard InChI is InChI=1S/C16H19BrN4OS/c17-11-7-14(23-9-11)16(22)18-12-3-5-21(6-4-12)15-8-13(19-20-15)10-1-2-10/h7-10,12H,1-6H2,(H,18,22)(H,19,20). The minimum Gasteiger partial charge on any atom is -0.355 e. The molecule has 5 nitrogen and oxygen atoms in total. The fourth-order valence-electron chi connectivity index (χ4n) is 3.03. The van der Waals surface area contributed by atoms with Crippen LogP contribution in [0, 0.1) is 0 Å². The van der Waals surface area contributed by atoms with Crippen LogP contribution in [0.5, 0.6) is 0 Å². The van der Waals surface area contributed by atoms with Crippen molar-refractivity contribution in [1.82, 2.24) is 15.5 Å². The molecule has 2 aromatic rings. The van der Waals surface area contributed by atoms with Gasteiger partial charge in [0.2, 0.25) is 0 Å². The van der Waals surface area contributed by atoms with Gasteiger partial charge in [0.15, 0.2) is 5.82 Å². The number of piperidine rings is 1. The molecule has 0 aromatic carbocycles. The van der Waals surface area contributed by atoms with Gasteiger partial charge in [0.05, 0.1) is 4.88 Å². The van der Waals surface area contributed by atoms with Crippen molar-refractivity contribution >= 4 is 39.0 Å². The summed E-state index contributed by atoms with van der Waals surface area (Å²) in [6.07, 6.45) is 4.50. The number of amides is 1. The largest absolute Gasteiger partial charge is 0.355 e. The summed E-state index contributed by atoms with van der Waals surface area (Å²) < 4.78 is 0.965. The van der Waals surface area contributed by atoms with Crippen molar-refractivity contribution in [3.63, 3.8) is 0 Å². The van der Waals surface area contributed by atoms with E-state index in [1.165, 1.54) is 29.9 Å². The first-order chi connectivity index (χ1) is 11.2. The molecule has 1 saturated heterocycles. The number of H-pyrrole nitrogens is 1. The Hall–Kier alpha value is -1.34. The highest BCUT2D eigenvalue weighted by molar-refractivity contribution is 9.10. The SMILES string of the molecule is O=C(NC1CCN(c2cc(C3CC3)[nH]n2)CC1)c1cc(Br)cs1. The molecule has 2 aliphatic rings. The van der Waals surface area contributed by atoms with Crippen LogP contribution in [-0.2, 0) is 0 Å². The Balaban J connectivity index is 1.30. The van der Waals surface area contributed by atoms with Gasteiger partial charge in [-0.05, 0) is 47.7 Å². The average Bonchev–Trinajstić information content (AvgIpc) is 3.12. The quantitative estimate of drug-likeness (QED) is 0.833. The second kappa shape index (κ2) is 6.28. The van der Waals surface area contributed by atoms with E-state index in [4.69, 9.17) is 0 Å². The van der Waals surface area contributed by atoms with Crippen molar-refractivity contribution in [3.05, 3.63) is 32.6 Å². The van der Waals surface area contributed by atoms with Gasteiger partial charge >= 0.3 is 0 Å². The molecule has 122 valence electrons. The molecule has 1 amide bonds. The molecule has 1 saturated carbocycles. The molecule has 7 heteroatoms. The van der Waals surface area contributed by atoms with Crippen molar-refractivity contribution in [2.45, 2.75) is 37.6 Å². The summed E-state index contributed by atoms with van der Waals surface area (Å²) in [7, 11) is 0. The van der Waals surface area contributed by atoms with Crippen LogP contribution in [0.4, 0.5) is 5.82 Å². The summed E-state index contributed by atoms with van der Waals surface area (Å²) >= 11 is 4.86. The average molecular weight is 395 g/mol. The predicted octanol–water partition coefficient (Wildman–Crippen LogP) is 3.51. The van der Waals surface area contributed by atoms with Gasteiger partial charge in [0.1, 0.15) is 0 Å². The van der Waals surface area contributed by atoms with Crippen LogP contribution < -0.4 is 10.2 Å². The number of rotatable bonds is 4. The Morgan fingerprint density at radius 2 is 2.09 bits per heavy atom. The van der Waals surface area contributed by atoms with Crippen molar-refractivity contribution in [3.8, 4) is 0 Å². The second-order valence-corrected chi connectivity index (χ2v) is 8.15. The van der Waals surface area contributed by atoms with Crippen LogP contribution in [-0.4, -0.2) is 35.2 Å². The zero-order valence-corrected chi connectivity index (χ0v) is 15.1. The Labute approximate surface area is 147 Å². The molecule has 0 spiro atoms. The minimum atomic E-state index is 0.0370. The monoisotopic (exact) mass is 394 g/mol. The van der Waals surface area contributed by atoms with Gasteiger partial charge in [-0.1, -0.05) is 0 Å². The predicted molar refractivity (Wildman–Crippen MR) is 95.3 cm³/mol. The number of hydrogen-bond donors (Lipinski definition) is 2. The Morgan fingerprint density at radius 1 is 1.30 bits per heavy atom. The number of halogens is 1. The summed E-state index contributed by atoms with van der Waals surface area (Å²) in [6.45, 7) is 1.88. The topological polar surface area (TPSA) is 61.0 Å². The van der Waals surface area contributed by atoms with E-state index in [9.17, 15) is 4.79 Å². The summed E-state index contributed by atoms with van der Waals surface area (Å²) in [5.41, 5.74) is 1.28. The van der Waals surface area contributed by atoms with E-state index in [1.807, 2.05) is 11.4 Å². The number of thiophene rings is 1. The highest BCUT2D eigenvalue weighted by Crippen LogP contribution is 2.40. The number of carbonyl (C=O) groups is 1. The first-order valence-corrected chi connectivity index (χ1v) is 9.71. The van der Waals surface area contributed by atoms with Crippen LogP contribution in [0.3, 0.4) is 0 Å². The third kappa shape index (κ3) is 3.45. The van der Waals surface area contributed by atoms with Crippen LogP contribution >= 0.6 is 27.3 Å². The summed E-state index contributed by atoms with van der Waals surface area (Å²) in [5, 5.41) is 12.7. The Morgan fingerprint density at radius 3 is 2.74 bits per heavy atom. The van der Waals surface area contributed by atoms with E-state index in [0.717, 1.165) is 41.1 Å². The zero-order chi connectivity index (χ0) is 15.8. The maximum Gasteiger partial charge on any atom is 0.261 e. The van der Waals surface area contributed by atoms with Gasteiger partial charge in [-0.25, -0.2) is 0 Å². The molecule has 0 unspecified atom stereocenters. The first-order valence-electron chi connectivity index (χ1n) is 8.04. The van der Waals surface area contributed by atoms with Crippen LogP contribution in [0.1, 0.15) is 47.0 Å². The first kappa shape index (κ1) is 15.2. The van der Waals surface area contributed by atoms with Gasteiger partial charge in [-0.15, -0.1) is 11.3 Å². The van der Waals surface area contributed by atoms with E-state index in [0.29, 0.717) is 5.92 Å². The third-order valence-electron chi connectivity index (χ3n) is 4.55. The van der Waals surface area contributed by atoms with Gasteiger partial charge in [-0.2, -0.15) is 5.10 Å². The molecule has 0 atom stereocenters. The lowest BCUT2D eigenvalue weighted by molar-refractivity contribution is 0.0935. The van der Waals surface area contributed by atoms with Gasteiger partial charge in [-0.3, -0.25) is 9.89 Å². The molecular formula is C16H19BrN4OS. The number of nitrogens with one attached hydrogen (secondary N) is 2. The summed E-state index contributed by atoms with van der Waals surface area (Å²) in [6, 6.07) is 4.32. The molecular weight excluding hydrogens is 376 g/mol. The fourth-order valence-corrected chi connectivity index (χ4v) is 4.36. The number of carbonyl (C=O) groups excluding carboxylic acids is 1. The molecule has 1 aliphatic heterocycles. The van der Waals surface area contributed by atoms with Crippen molar-refractivity contribution in [2.24, 2.45) is 0 Å². The lowest BCUT2D eigenvalue weighted by Gasteiger charge is -2.32. The molecule has 3 heterocycles. The Bertz CT molecular complexity index is 701. The maximum absolute atomic E-state index is 12.2. The second-order valence-electron chi connectivity index (χ2n) is 6.32. The molecule has 2 fully saturated rings. The normalized spacial score (nSPS) is 19.1. The maximum atomic E-state index is 12.2. The van der Waals surface area contributed by atoms with Crippen LogP contribution in [0.2, 0.25) is 0 Å². The smallest absolute Gasteiger partial charge is 0.261 e. The minimum absolute atomic E-state index is 0.0370. The van der Waals surface area contributed by atoms with Crippen molar-refractivity contribution in [1.29, 1.82) is 0 Å². The highest BCUT2D eigenvalue weighted by atomic mass is 79.9. The highest BCUT2D eigenvalue weighted by Gasteiger charge is 2.27. The molecule has 2 aromatic heterocycles. The van der Waals surface area contributed by atoms with Gasteiger partial charge in [0.25, 0.3) is 5.91 Å². The van der Waals surface area contributed by atoms with E-state index in [1.54, 1.807) is 0 Å². The van der Waals surface area contributed by atoms with Crippen LogP contribution in [0.15, 0.2) is 22.0 Å². The number of aromatic nitrogens is 2. The molecule has 23 heavy (non-hydrogen) atoms. The number of anilines is 1. The molecule has 0 radical (unpaired) electrons. The fraction of sp³-hybridized carbons (Fsp3) is 0.500. The number of nitrogens with zero attached hydrogens (tertiary/aromatic N) is 2. The molecule has 1 aliphatic carbocycles. The van der Waals surface area contributed by atoms with Gasteiger partial charge < -0.3 is 10.2 Å². The third-order valence-corrected chi connectivity index (χ3v) is 6.24. The number of aromatic amines is 1. The number of hydrogen-bond acceptors (Lipinski definition) is 4. The molecule has 4 rings (SSSR count). The van der Waals surface area contributed by atoms with E-state index in [2.05, 4.69) is 42.4 Å². The summed E-state index contributed by atoms with van der Waals surface area (Å²) in [4.78, 5) is 15.3. The van der Waals surface area contributed by atoms with E-state index in [-0.39, 0.29) is 11.9 Å². The zero-order valence-electron chi connectivity index (χ0n) is 12.7. The van der Waals surface area contributed by atoms with Crippen molar-refractivity contribution < 1.29 is 4.79 Å². The lowest BCUT2D eigenvalue weighted by Crippen LogP contribution is -2.44. The van der Waals surface area contributed by atoms with Crippen LogP contribution in [0.25, 0.3) is 0 Å². The lowest BCUT2D eigenvalue weighted by atomic mass is 10.0. The molecule has 0 bridgehead atoms.